The molecular formula is C12H23N3O2. The maximum Gasteiger partial charge on any atom is 0.278 e. The summed E-state index contributed by atoms with van der Waals surface area (Å²) in [6.45, 7) is 11.3. The Labute approximate surface area is 103 Å². The molecule has 98 valence electrons. The Morgan fingerprint density at radius 1 is 1.47 bits per heavy atom. The molecule has 1 aliphatic heterocycles. The smallest absolute Gasteiger partial charge is 0.278 e. The van der Waals surface area contributed by atoms with Crippen LogP contribution >= 0.6 is 0 Å². The Morgan fingerprint density at radius 2 is 2.12 bits per heavy atom. The summed E-state index contributed by atoms with van der Waals surface area (Å²) in [4.78, 5) is 15.1. The van der Waals surface area contributed by atoms with E-state index in [1.807, 2.05) is 6.92 Å². The molecule has 0 aliphatic carbocycles. The van der Waals surface area contributed by atoms with Gasteiger partial charge in [0.25, 0.3) is 5.70 Å². The molecule has 0 saturated heterocycles. The van der Waals surface area contributed by atoms with Crippen molar-refractivity contribution >= 4 is 0 Å². The lowest BCUT2D eigenvalue weighted by Gasteiger charge is -2.36. The van der Waals surface area contributed by atoms with E-state index in [0.717, 1.165) is 31.9 Å². The molecule has 0 saturated carbocycles. The lowest BCUT2D eigenvalue weighted by molar-refractivity contribution is -0.432. The maximum absolute atomic E-state index is 11.0. The SMILES string of the molecule is CCCN1CC([N+](=O)[O-])=C(C)N(CC(C)C)C1. The number of nitro groups is 1. The van der Waals surface area contributed by atoms with Crippen molar-refractivity contribution in [3.8, 4) is 0 Å². The van der Waals surface area contributed by atoms with Gasteiger partial charge in [-0.05, 0) is 19.3 Å². The summed E-state index contributed by atoms with van der Waals surface area (Å²) in [5.41, 5.74) is 1.18. The number of allylic oxidation sites excluding steroid dienone is 1. The summed E-state index contributed by atoms with van der Waals surface area (Å²) in [7, 11) is 0. The minimum atomic E-state index is -0.232. The van der Waals surface area contributed by atoms with Crippen LogP contribution in [0.2, 0.25) is 0 Å². The average molecular weight is 241 g/mol. The van der Waals surface area contributed by atoms with Crippen LogP contribution in [0, 0.1) is 16.0 Å². The van der Waals surface area contributed by atoms with Gasteiger partial charge in [0, 0.05) is 13.1 Å². The van der Waals surface area contributed by atoms with Gasteiger partial charge in [0.2, 0.25) is 0 Å². The van der Waals surface area contributed by atoms with E-state index in [1.54, 1.807) is 0 Å². The molecule has 1 rings (SSSR count). The first-order valence-electron chi connectivity index (χ1n) is 6.27. The molecule has 0 unspecified atom stereocenters. The van der Waals surface area contributed by atoms with E-state index in [-0.39, 0.29) is 4.92 Å². The van der Waals surface area contributed by atoms with Crippen LogP contribution in [0.4, 0.5) is 0 Å². The highest BCUT2D eigenvalue weighted by Gasteiger charge is 2.29. The third-order valence-corrected chi connectivity index (χ3v) is 2.98. The molecule has 0 N–H and O–H groups in total. The van der Waals surface area contributed by atoms with Crippen LogP contribution in [-0.2, 0) is 0 Å². The minimum absolute atomic E-state index is 0.232. The molecule has 0 amide bonds. The first-order chi connectivity index (χ1) is 7.95. The highest BCUT2D eigenvalue weighted by Crippen LogP contribution is 2.20. The predicted molar refractivity (Wildman–Crippen MR) is 68.0 cm³/mol. The van der Waals surface area contributed by atoms with E-state index in [4.69, 9.17) is 0 Å². The molecule has 5 nitrogen and oxygen atoms in total. The molecule has 17 heavy (non-hydrogen) atoms. The van der Waals surface area contributed by atoms with Crippen LogP contribution in [0.1, 0.15) is 34.1 Å². The van der Waals surface area contributed by atoms with Crippen LogP contribution in [0.5, 0.6) is 0 Å². The Bertz CT molecular complexity index is 313. The summed E-state index contributed by atoms with van der Waals surface area (Å²) in [5.74, 6) is 0.513. The van der Waals surface area contributed by atoms with Gasteiger partial charge in [-0.25, -0.2) is 0 Å². The number of rotatable bonds is 5. The van der Waals surface area contributed by atoms with E-state index in [1.165, 1.54) is 0 Å². The molecule has 5 heteroatoms. The van der Waals surface area contributed by atoms with Gasteiger partial charge in [0.1, 0.15) is 0 Å². The van der Waals surface area contributed by atoms with Crippen molar-refractivity contribution in [2.45, 2.75) is 34.1 Å². The Morgan fingerprint density at radius 3 is 2.59 bits per heavy atom. The van der Waals surface area contributed by atoms with Crippen LogP contribution in [-0.4, -0.2) is 41.0 Å². The topological polar surface area (TPSA) is 49.6 Å². The molecule has 0 aromatic carbocycles. The third-order valence-electron chi connectivity index (χ3n) is 2.98. The summed E-state index contributed by atoms with van der Waals surface area (Å²) in [6, 6.07) is 0. The van der Waals surface area contributed by atoms with Gasteiger partial charge in [-0.1, -0.05) is 20.8 Å². The van der Waals surface area contributed by atoms with Crippen LogP contribution < -0.4 is 0 Å². The minimum Gasteiger partial charge on any atom is -0.357 e. The van der Waals surface area contributed by atoms with Crippen LogP contribution in [0.25, 0.3) is 0 Å². The van der Waals surface area contributed by atoms with E-state index in [9.17, 15) is 10.1 Å². The molecule has 0 spiro atoms. The van der Waals surface area contributed by atoms with Gasteiger partial charge >= 0.3 is 0 Å². The fraction of sp³-hybridized carbons (Fsp3) is 0.833. The number of nitrogens with zero attached hydrogens (tertiary/aromatic N) is 3. The molecule has 1 aliphatic rings. The van der Waals surface area contributed by atoms with Crippen molar-refractivity contribution < 1.29 is 4.92 Å². The van der Waals surface area contributed by atoms with Gasteiger partial charge in [0.05, 0.1) is 23.8 Å². The van der Waals surface area contributed by atoms with Crippen LogP contribution in [0.3, 0.4) is 0 Å². The van der Waals surface area contributed by atoms with Gasteiger partial charge in [-0.2, -0.15) is 0 Å². The average Bonchev–Trinajstić information content (AvgIpc) is 2.21. The quantitative estimate of drug-likeness (QED) is 0.546. The van der Waals surface area contributed by atoms with Gasteiger partial charge in [0.15, 0.2) is 0 Å². The Balaban J connectivity index is 2.87. The van der Waals surface area contributed by atoms with Crippen molar-refractivity contribution in [2.24, 2.45) is 5.92 Å². The van der Waals surface area contributed by atoms with E-state index >= 15 is 0 Å². The Kier molecular flexibility index (Phi) is 4.93. The molecular weight excluding hydrogens is 218 g/mol. The molecule has 0 bridgehead atoms. The van der Waals surface area contributed by atoms with Crippen LogP contribution in [0.15, 0.2) is 11.4 Å². The maximum atomic E-state index is 11.0. The van der Waals surface area contributed by atoms with E-state index < -0.39 is 0 Å². The lowest BCUT2D eigenvalue weighted by Crippen LogP contribution is -2.46. The predicted octanol–water partition coefficient (Wildman–Crippen LogP) is 2.14. The largest absolute Gasteiger partial charge is 0.357 e. The monoisotopic (exact) mass is 241 g/mol. The van der Waals surface area contributed by atoms with E-state index in [2.05, 4.69) is 30.6 Å². The molecule has 0 aromatic heterocycles. The first-order valence-corrected chi connectivity index (χ1v) is 6.27. The number of hydrogen-bond acceptors (Lipinski definition) is 4. The second-order valence-electron chi connectivity index (χ2n) is 5.10. The fourth-order valence-corrected chi connectivity index (χ4v) is 2.20. The summed E-state index contributed by atoms with van der Waals surface area (Å²) < 4.78 is 0. The Hall–Kier alpha value is -1.10. The zero-order valence-corrected chi connectivity index (χ0v) is 11.3. The van der Waals surface area contributed by atoms with E-state index in [0.29, 0.717) is 18.2 Å². The molecule has 1 heterocycles. The van der Waals surface area contributed by atoms with Gasteiger partial charge in [-0.15, -0.1) is 0 Å². The van der Waals surface area contributed by atoms with Gasteiger partial charge < -0.3 is 4.90 Å². The molecule has 0 atom stereocenters. The second kappa shape index (κ2) is 6.00. The van der Waals surface area contributed by atoms with Crippen molar-refractivity contribution in [2.75, 3.05) is 26.3 Å². The highest BCUT2D eigenvalue weighted by atomic mass is 16.6. The molecule has 0 radical (unpaired) electrons. The zero-order valence-electron chi connectivity index (χ0n) is 11.3. The highest BCUT2D eigenvalue weighted by molar-refractivity contribution is 5.09. The lowest BCUT2D eigenvalue weighted by atomic mass is 10.1. The second-order valence-corrected chi connectivity index (χ2v) is 5.10. The normalized spacial score (nSPS) is 18.1. The number of hydrogen-bond donors (Lipinski definition) is 0. The van der Waals surface area contributed by atoms with Gasteiger partial charge in [-0.3, -0.25) is 15.0 Å². The summed E-state index contributed by atoms with van der Waals surface area (Å²) >= 11 is 0. The fourth-order valence-electron chi connectivity index (χ4n) is 2.20. The molecule has 0 aromatic rings. The molecule has 0 fully saturated rings. The zero-order chi connectivity index (χ0) is 13.0. The standard InChI is InChI=1S/C12H23N3O2/c1-5-6-13-8-12(15(16)17)11(4)14(9-13)7-10(2)3/h10H,5-9H2,1-4H3. The third kappa shape index (κ3) is 3.70. The van der Waals surface area contributed by atoms with Crippen molar-refractivity contribution in [1.29, 1.82) is 0 Å². The van der Waals surface area contributed by atoms with Crippen molar-refractivity contribution in [1.82, 2.24) is 9.80 Å². The van der Waals surface area contributed by atoms with Crippen molar-refractivity contribution in [3.63, 3.8) is 0 Å². The summed E-state index contributed by atoms with van der Waals surface area (Å²) in [5, 5.41) is 11.0. The summed E-state index contributed by atoms with van der Waals surface area (Å²) in [6.07, 6.45) is 1.03. The first kappa shape index (κ1) is 14.0. The van der Waals surface area contributed by atoms with Crippen molar-refractivity contribution in [3.05, 3.63) is 21.5 Å².